The molecule has 2 aromatic carbocycles. The van der Waals surface area contributed by atoms with Crippen LogP contribution in [0.1, 0.15) is 79.7 Å². The fourth-order valence-corrected chi connectivity index (χ4v) is 13.7. The normalized spacial score (nSPS) is 34.2. The zero-order valence-electron chi connectivity index (χ0n) is 45.5. The van der Waals surface area contributed by atoms with E-state index in [9.17, 15) is 85.9 Å². The number of phenolic OH excluding ortho intramolecular Hbond substituents is 3. The van der Waals surface area contributed by atoms with Gasteiger partial charge in [0.1, 0.15) is 52.6 Å². The first kappa shape index (κ1) is 58.7. The average Bonchev–Trinajstić information content (AvgIpc) is 1.23. The van der Waals surface area contributed by atoms with Crippen LogP contribution in [0.15, 0.2) is 80.8 Å². The van der Waals surface area contributed by atoms with Crippen molar-refractivity contribution < 1.29 is 109 Å². The quantitative estimate of drug-likeness (QED) is 0.0267. The van der Waals surface area contributed by atoms with E-state index in [0.29, 0.717) is 5.57 Å². The van der Waals surface area contributed by atoms with Gasteiger partial charge < -0.3 is 105 Å². The molecule has 454 valence electrons. The molecule has 1 saturated carbocycles. The van der Waals surface area contributed by atoms with Crippen molar-refractivity contribution >= 4 is 28.7 Å². The summed E-state index contributed by atoms with van der Waals surface area (Å²) in [5.74, 6) is -11.5. The smallest absolute Gasteiger partial charge is 0.354 e. The number of Topliss-reactive ketones (excluding diaryl/α,β-unsaturated/α-hetero) is 1. The van der Waals surface area contributed by atoms with Gasteiger partial charge in [-0.3, -0.25) is 14.9 Å². The van der Waals surface area contributed by atoms with Gasteiger partial charge in [-0.2, -0.15) is 0 Å². The van der Waals surface area contributed by atoms with Gasteiger partial charge in [0.2, 0.25) is 17.2 Å². The van der Waals surface area contributed by atoms with Crippen molar-refractivity contribution in [3.63, 3.8) is 0 Å². The highest BCUT2D eigenvalue weighted by Gasteiger charge is 2.78. The number of carboxylic acid groups (broad SMARTS) is 1. The monoisotopic (exact) mass is 1190 g/mol. The molecule has 3 saturated heterocycles. The van der Waals surface area contributed by atoms with Crippen molar-refractivity contribution in [3.05, 3.63) is 104 Å². The Morgan fingerprint density at radius 1 is 0.884 bits per heavy atom. The van der Waals surface area contributed by atoms with Gasteiger partial charge >= 0.3 is 11.9 Å². The number of dihydropyridines is 1. The number of aromatic amines is 1. The Morgan fingerprint density at radius 2 is 1.67 bits per heavy atom. The second-order valence-corrected chi connectivity index (χ2v) is 23.3. The van der Waals surface area contributed by atoms with E-state index < -0.39 is 179 Å². The van der Waals surface area contributed by atoms with Crippen LogP contribution in [0, 0.1) is 35.5 Å². The highest BCUT2D eigenvalue weighted by atomic mass is 16.8. The number of carbonyl (C=O) groups is 3. The Kier molecular flexibility index (Phi) is 14.4. The van der Waals surface area contributed by atoms with E-state index >= 15 is 4.79 Å². The number of phenols is 3. The number of aromatic nitrogens is 1. The molecule has 4 aromatic rings. The van der Waals surface area contributed by atoms with E-state index in [-0.39, 0.29) is 63.8 Å². The van der Waals surface area contributed by atoms with Gasteiger partial charge in [0, 0.05) is 109 Å². The Hall–Kier alpha value is -7.64. The largest absolute Gasteiger partial charge is 0.507 e. The van der Waals surface area contributed by atoms with Crippen molar-refractivity contribution in [1.82, 2.24) is 15.6 Å². The summed E-state index contributed by atoms with van der Waals surface area (Å²) in [5.41, 5.74) is -10.3. The van der Waals surface area contributed by atoms with Crippen molar-refractivity contribution in [2.45, 2.75) is 141 Å². The second-order valence-electron chi connectivity index (χ2n) is 23.3. The molecular weight excluding hydrogens is 1130 g/mol. The van der Waals surface area contributed by atoms with E-state index in [1.165, 1.54) is 18.3 Å². The lowest BCUT2D eigenvalue weighted by molar-refractivity contribution is -0.434. The molecule has 26 heteroatoms. The van der Waals surface area contributed by atoms with E-state index in [1.807, 2.05) is 12.0 Å². The van der Waals surface area contributed by atoms with E-state index in [4.69, 9.17) is 23.4 Å². The molecule has 7 aliphatic heterocycles. The number of aliphatic carboxylic acids is 1. The number of aromatic hydroxyl groups is 3. The van der Waals surface area contributed by atoms with Gasteiger partial charge in [-0.05, 0) is 72.8 Å². The summed E-state index contributed by atoms with van der Waals surface area (Å²) in [7, 11) is 0. The van der Waals surface area contributed by atoms with Crippen LogP contribution in [0.25, 0.3) is 22.3 Å². The van der Waals surface area contributed by atoms with E-state index in [2.05, 4.69) is 33.4 Å². The summed E-state index contributed by atoms with van der Waals surface area (Å²) in [4.78, 5) is 60.1. The van der Waals surface area contributed by atoms with Crippen LogP contribution < -0.4 is 20.8 Å². The number of carbonyl (C=O) groups excluding carboxylic acids is 2. The minimum absolute atomic E-state index is 0.0188. The number of ether oxygens (including phenoxy) is 4. The molecule has 26 nitrogen and oxygen atoms in total. The molecule has 86 heavy (non-hydrogen) atoms. The molecule has 0 radical (unpaired) electrons. The number of esters is 1. The highest BCUT2D eigenvalue weighted by Crippen LogP contribution is 2.58. The number of hydrogen-bond donors (Lipinski definition) is 17. The molecule has 9 aliphatic rings. The number of ketones is 1. The van der Waals surface area contributed by atoms with E-state index in [1.54, 1.807) is 12.3 Å². The summed E-state index contributed by atoms with van der Waals surface area (Å²) < 4.78 is 32.2. The number of fused-ring (bicyclic) bond motifs is 10. The molecule has 0 amide bonds. The summed E-state index contributed by atoms with van der Waals surface area (Å²) in [6.45, 7) is -2.62. The van der Waals surface area contributed by atoms with Gasteiger partial charge in [-0.25, -0.2) is 9.59 Å². The molecule has 1 unspecified atom stereocenters. The van der Waals surface area contributed by atoms with Crippen LogP contribution >= 0.6 is 0 Å². The molecule has 2 spiro atoms. The maximum Gasteiger partial charge on any atom is 0.354 e. The molecule has 17 N–H and O–H groups in total. The lowest BCUT2D eigenvalue weighted by Gasteiger charge is -2.58. The molecule has 9 heterocycles. The summed E-state index contributed by atoms with van der Waals surface area (Å²) in [6.07, 6.45) is -6.61. The van der Waals surface area contributed by atoms with Crippen LogP contribution in [-0.4, -0.2) is 185 Å². The maximum atomic E-state index is 16.1. The third kappa shape index (κ3) is 8.77. The first-order chi connectivity index (χ1) is 40.9. The minimum Gasteiger partial charge on any atom is -0.507 e. The summed E-state index contributed by atoms with van der Waals surface area (Å²) in [5, 5.41) is 168. The summed E-state index contributed by atoms with van der Waals surface area (Å²) >= 11 is 0. The third-order valence-electron chi connectivity index (χ3n) is 18.2. The molecule has 13 rings (SSSR count). The highest BCUT2D eigenvalue weighted by molar-refractivity contribution is 5.90. The molecule has 4 fully saturated rings. The zero-order chi connectivity index (χ0) is 61.2. The Bertz CT molecular complexity index is 3810. The van der Waals surface area contributed by atoms with Gasteiger partial charge in [-0.15, -0.1) is 0 Å². The molecule has 2 aromatic heterocycles. The fourth-order valence-electron chi connectivity index (χ4n) is 13.7. The Morgan fingerprint density at radius 3 is 2.42 bits per heavy atom. The van der Waals surface area contributed by atoms with Crippen molar-refractivity contribution in [3.8, 4) is 58.0 Å². The van der Waals surface area contributed by atoms with Crippen LogP contribution in [0.2, 0.25) is 0 Å². The predicted octanol–water partition coefficient (Wildman–Crippen LogP) is -1.49. The standard InChI is InChI=1S/C60H61N3O23/c64-13-8-30-15-31(18-40(69)46(30)70)41-21-39(68)45-42(82-41)22-43-44(47(45)71)36(32-17-37-29-4-1-6-34(16-29)63-52(37)62-24-32)19-33-20-38-28(7-12-61-38)5-2-9-55(79)48(72)50(74)59(33,83-43)86-57(55)11-3-10-56(53(76)77)60(80,81)51(75)49(73)58(85-56,84-54(57)78)23-27(25-65)14-35(67)26-66/h7,12,15,17-19,21-22,24,27,29,34,36,48-52,61-66,69-75,79-81H,1,4,6,8-9,11,13-14,16,20,23,25-26H2,(H,76,77)/t27-,29-,34+,36+,48-,49-,50-,51-,52?,55+,56-,57-,58+,59+/m1/s1. The number of carboxylic acids is 1. The number of aliphatic hydroxyl groups is 10. The first-order valence-electron chi connectivity index (χ1n) is 27.9. The number of allylic oxidation sites excluding steroid dienone is 3. The Balaban J connectivity index is 1.13. The number of hydrogen-bond acceptors (Lipinski definition) is 24. The second kappa shape index (κ2) is 21.1. The topological polar surface area (TPSA) is 441 Å². The minimum atomic E-state index is -4.11. The molecule has 2 aliphatic carbocycles. The van der Waals surface area contributed by atoms with Gasteiger partial charge in [0.05, 0.1) is 12.6 Å². The summed E-state index contributed by atoms with van der Waals surface area (Å²) in [6, 6.07) is 6.35. The molecule has 14 atom stereocenters. The molecule has 6 bridgehead atoms. The van der Waals surface area contributed by atoms with Crippen LogP contribution in [0.4, 0.5) is 0 Å². The lowest BCUT2D eigenvalue weighted by atomic mass is 9.67. The van der Waals surface area contributed by atoms with Crippen molar-refractivity contribution in [1.29, 1.82) is 0 Å². The van der Waals surface area contributed by atoms with Gasteiger partial charge in [-0.1, -0.05) is 36.3 Å². The lowest BCUT2D eigenvalue weighted by Crippen LogP contribution is -2.81. The van der Waals surface area contributed by atoms with Gasteiger partial charge in [0.25, 0.3) is 11.4 Å². The number of benzene rings is 2. The van der Waals surface area contributed by atoms with Crippen LogP contribution in [0.3, 0.4) is 0 Å². The number of rotatable bonds is 11. The van der Waals surface area contributed by atoms with E-state index in [0.717, 1.165) is 49.5 Å². The van der Waals surface area contributed by atoms with Gasteiger partial charge in [0.15, 0.2) is 34.9 Å². The number of H-pyrrole nitrogens is 1. The zero-order valence-corrected chi connectivity index (χ0v) is 45.5. The SMILES string of the molecule is O=C(CO)C[C@@H](CO)C[C@]12OC(=O)[C@@]3(CC#C[C@](C(=O)O)(O1)C(O)(O)[C@H](O)[C@H]2O)O[C@@]12Oc4cc5oc(-c6cc(O)c(O)c(CCO)c6)cc(=O)c5c(O)c4[C@H](C4=CNC5N[C@H]6CCC[C@H](C6)C5=C4)C=C1Cc1[nH]ccc1C#CC[C@]3(O)[C@H](O)[C@H]2O. The fraction of sp³-hybridized carbons (Fsp3) is 0.467. The van der Waals surface area contributed by atoms with Crippen molar-refractivity contribution in [2.24, 2.45) is 11.8 Å². The van der Waals surface area contributed by atoms with Crippen LogP contribution in [-0.2, 0) is 41.4 Å². The number of piperidine rings is 1. The van der Waals surface area contributed by atoms with Crippen LogP contribution in [0.5, 0.6) is 23.0 Å². The predicted molar refractivity (Wildman–Crippen MR) is 290 cm³/mol. The maximum absolute atomic E-state index is 16.1. The number of aliphatic hydroxyl groups excluding tert-OH is 7. The van der Waals surface area contributed by atoms with Crippen molar-refractivity contribution in [2.75, 3.05) is 19.8 Å². The first-order valence-corrected chi connectivity index (χ1v) is 27.9. The third-order valence-corrected chi connectivity index (χ3v) is 18.2. The average molecular weight is 1190 g/mol. The molecular formula is C60H61N3O23. The number of nitrogens with one attached hydrogen (secondary N) is 3. The Labute approximate surface area is 486 Å².